The fourth-order valence-corrected chi connectivity index (χ4v) is 6.49. The van der Waals surface area contributed by atoms with Crippen molar-refractivity contribution in [3.63, 3.8) is 0 Å². The van der Waals surface area contributed by atoms with Crippen LogP contribution < -0.4 is 0 Å². The van der Waals surface area contributed by atoms with Crippen molar-refractivity contribution in [2.24, 2.45) is 0 Å². The van der Waals surface area contributed by atoms with Crippen molar-refractivity contribution in [1.29, 1.82) is 0 Å². The molecule has 4 atom stereocenters. The molecule has 390 valence electrons. The van der Waals surface area contributed by atoms with Crippen molar-refractivity contribution in [2.75, 3.05) is 6.61 Å². The Kier molecular flexibility index (Phi) is 38.3. The number of hydrogen-bond acceptors (Lipinski definition) is 9. The van der Waals surface area contributed by atoms with Gasteiger partial charge in [-0.2, -0.15) is 0 Å². The Morgan fingerprint density at radius 2 is 0.726 bits per heavy atom. The van der Waals surface area contributed by atoms with Crippen LogP contribution in [-0.2, 0) is 40.2 Å². The third kappa shape index (κ3) is 31.5. The van der Waals surface area contributed by atoms with Crippen LogP contribution in [0.4, 0.5) is 0 Å². The predicted octanol–water partition coefficient (Wildman–Crippen LogP) is 12.3. The number of allylic oxidation sites excluding steroid dienone is 1. The first kappa shape index (κ1) is 65.3. The Balaban J connectivity index is 0.000000436. The topological polar surface area (TPSA) is 153 Å². The second-order valence-corrected chi connectivity index (χ2v) is 16.2. The van der Waals surface area contributed by atoms with Crippen LogP contribution in [0.5, 0.6) is 0 Å². The average Bonchev–Trinajstić information content (AvgIpc) is 3.42. The molecule has 5 N–H and O–H groups in total. The van der Waals surface area contributed by atoms with Crippen LogP contribution in [-0.4, -0.2) is 76.5 Å². The van der Waals surface area contributed by atoms with Gasteiger partial charge in [-0.15, -0.1) is 150 Å². The van der Waals surface area contributed by atoms with Gasteiger partial charge in [-0.05, 0) is 106 Å². The van der Waals surface area contributed by atoms with Gasteiger partial charge in [0, 0.05) is 71.6 Å². The number of pyridine rings is 4. The fourth-order valence-electron chi connectivity index (χ4n) is 6.49. The maximum Gasteiger partial charge on any atom is 0.0564 e. The van der Waals surface area contributed by atoms with Crippen molar-refractivity contribution in [2.45, 2.75) is 96.1 Å². The number of nitrogens with zero attached hydrogens (tertiary/aromatic N) is 4. The minimum absolute atomic E-state index is 0. The quantitative estimate of drug-likeness (QED) is 0.0341. The Bertz CT molecular complexity index is 1980. The zero-order valence-corrected chi connectivity index (χ0v) is 46.6. The summed E-state index contributed by atoms with van der Waals surface area (Å²) in [4.78, 5) is 16.9. The van der Waals surface area contributed by atoms with Gasteiger partial charge in [0.25, 0.3) is 0 Å². The molecule has 11 heteroatoms. The van der Waals surface area contributed by atoms with Crippen LogP contribution in [0.2, 0.25) is 0 Å². The average molecular weight is 1340 g/mol. The van der Waals surface area contributed by atoms with Crippen molar-refractivity contribution in [3.8, 4) is 45.0 Å². The monoisotopic (exact) mass is 1340 g/mol. The number of benzene rings is 4. The molecular formula is C62H70Ir2N4O5-4. The van der Waals surface area contributed by atoms with Gasteiger partial charge >= 0.3 is 0 Å². The number of rotatable bonds is 17. The summed E-state index contributed by atoms with van der Waals surface area (Å²) in [5.41, 5.74) is 8.04. The molecule has 0 aliphatic heterocycles. The molecule has 8 rings (SSSR count). The van der Waals surface area contributed by atoms with Crippen LogP contribution in [0.3, 0.4) is 0 Å². The predicted molar refractivity (Wildman–Crippen MR) is 288 cm³/mol. The van der Waals surface area contributed by atoms with Gasteiger partial charge in [-0.1, -0.05) is 67.4 Å². The maximum absolute atomic E-state index is 9.30. The molecule has 9 nitrogen and oxygen atoms in total. The molecule has 8 aromatic rings. The molecule has 4 aromatic heterocycles. The van der Waals surface area contributed by atoms with E-state index in [4.69, 9.17) is 15.3 Å². The van der Waals surface area contributed by atoms with Gasteiger partial charge < -0.3 is 45.5 Å². The summed E-state index contributed by atoms with van der Waals surface area (Å²) in [5, 5.41) is 44.8. The van der Waals surface area contributed by atoms with Crippen molar-refractivity contribution in [1.82, 2.24) is 19.9 Å². The fraction of sp³-hybridized carbons (Fsp3) is 0.258. The molecule has 4 heterocycles. The smallest absolute Gasteiger partial charge is 0.0564 e. The van der Waals surface area contributed by atoms with Crippen molar-refractivity contribution < 1.29 is 65.7 Å². The van der Waals surface area contributed by atoms with E-state index in [1.165, 1.54) is 0 Å². The molecule has 0 bridgehead atoms. The Hall–Kier alpha value is -5.68. The van der Waals surface area contributed by atoms with Gasteiger partial charge in [-0.25, -0.2) is 0 Å². The molecule has 0 aliphatic carbocycles. The molecule has 4 unspecified atom stereocenters. The number of aromatic nitrogens is 4. The third-order valence-corrected chi connectivity index (χ3v) is 9.97. The van der Waals surface area contributed by atoms with E-state index >= 15 is 0 Å². The molecule has 0 spiro atoms. The van der Waals surface area contributed by atoms with Gasteiger partial charge in [0.2, 0.25) is 0 Å². The Morgan fingerprint density at radius 3 is 0.959 bits per heavy atom. The number of aliphatic hydroxyl groups is 5. The SMILES string of the molecule is C=CCCCC(O)CC(C)O.CC(O)CC(O)CCCCCO.[Ir].[Ir].[c-]1ccccc1-c1ccccn1.[c-]1ccccc1-c1ccccn1.[c-]1ccccc1-c1ccccn1.[c-]1ccccc1-c1ccccn1. The van der Waals surface area contributed by atoms with Crippen LogP contribution in [0.15, 0.2) is 207 Å². The number of aliphatic hydroxyl groups excluding tert-OH is 5. The van der Waals surface area contributed by atoms with Crippen LogP contribution in [0.1, 0.15) is 71.6 Å². The zero-order chi connectivity index (χ0) is 51.0. The number of hydrogen-bond donors (Lipinski definition) is 5. The molecule has 0 saturated carbocycles. The van der Waals surface area contributed by atoms with Crippen LogP contribution >= 0.6 is 0 Å². The van der Waals surface area contributed by atoms with E-state index in [1.54, 1.807) is 38.6 Å². The summed E-state index contributed by atoms with van der Waals surface area (Å²) in [7, 11) is 0. The minimum atomic E-state index is -0.419. The molecule has 73 heavy (non-hydrogen) atoms. The second kappa shape index (κ2) is 42.8. The zero-order valence-electron chi connectivity index (χ0n) is 41.8. The molecule has 2 radical (unpaired) electrons. The van der Waals surface area contributed by atoms with Crippen LogP contribution in [0, 0.1) is 24.3 Å². The summed E-state index contributed by atoms with van der Waals surface area (Å²) in [6.07, 6.45) is 14.5. The van der Waals surface area contributed by atoms with E-state index in [9.17, 15) is 10.2 Å². The summed E-state index contributed by atoms with van der Waals surface area (Å²) in [6.45, 7) is 7.18. The van der Waals surface area contributed by atoms with E-state index in [-0.39, 0.29) is 59.0 Å². The first-order valence-electron chi connectivity index (χ1n) is 24.2. The summed E-state index contributed by atoms with van der Waals surface area (Å²) < 4.78 is 0. The van der Waals surface area contributed by atoms with E-state index in [1.807, 2.05) is 176 Å². The van der Waals surface area contributed by atoms with Crippen molar-refractivity contribution in [3.05, 3.63) is 232 Å². The molecular weight excluding hydrogens is 1270 g/mol. The van der Waals surface area contributed by atoms with E-state index in [0.29, 0.717) is 12.8 Å². The molecule has 0 saturated heterocycles. The van der Waals surface area contributed by atoms with Gasteiger partial charge in [0.05, 0.1) is 24.4 Å². The van der Waals surface area contributed by atoms with E-state index in [2.05, 4.69) is 50.8 Å². The first-order valence-corrected chi connectivity index (χ1v) is 24.2. The standard InChI is InChI=1S/4C11H8N.C9H20O3.C9H18O2.2Ir/c4*1-2-6-10(7-3-1)11-8-4-5-9-12-11;1-8(11)7-9(12)5-3-2-4-6-10;1-3-4-5-6-9(11)7-8(2)10;;/h4*1-6,8-9H;8-12H,2-7H2,1H3;3,8-11H,1,4-7H2,2H3;;/q4*-1;;;;. The molecule has 0 aliphatic rings. The summed E-state index contributed by atoms with van der Waals surface area (Å²) in [6, 6.07) is 67.3. The largest absolute Gasteiger partial charge is 0.396 e. The summed E-state index contributed by atoms with van der Waals surface area (Å²) >= 11 is 0. The Labute approximate surface area is 462 Å². The third-order valence-electron chi connectivity index (χ3n) is 9.97. The second-order valence-electron chi connectivity index (χ2n) is 16.2. The first-order chi connectivity index (χ1) is 34.7. The number of unbranched alkanes of at least 4 members (excludes halogenated alkanes) is 3. The van der Waals surface area contributed by atoms with Crippen LogP contribution in [0.25, 0.3) is 45.0 Å². The maximum atomic E-state index is 9.30. The minimum Gasteiger partial charge on any atom is -0.396 e. The Morgan fingerprint density at radius 1 is 0.425 bits per heavy atom. The normalized spacial score (nSPS) is 11.4. The summed E-state index contributed by atoms with van der Waals surface area (Å²) in [5.74, 6) is 0. The molecule has 0 amide bonds. The molecule has 0 fully saturated rings. The van der Waals surface area contributed by atoms with Gasteiger partial charge in [0.1, 0.15) is 0 Å². The van der Waals surface area contributed by atoms with E-state index in [0.717, 1.165) is 90.0 Å². The van der Waals surface area contributed by atoms with Crippen molar-refractivity contribution >= 4 is 0 Å². The van der Waals surface area contributed by atoms with Gasteiger partial charge in [0.15, 0.2) is 0 Å². The van der Waals surface area contributed by atoms with Gasteiger partial charge in [-0.3, -0.25) is 0 Å². The van der Waals surface area contributed by atoms with E-state index < -0.39 is 12.2 Å². The molecule has 4 aromatic carbocycles.